The van der Waals surface area contributed by atoms with Gasteiger partial charge in [0.1, 0.15) is 29.9 Å². The van der Waals surface area contributed by atoms with E-state index in [9.17, 15) is 63.6 Å². The monoisotopic (exact) mass is 1390 g/mol. The second kappa shape index (κ2) is 34.0. The number of piperazine rings is 1. The van der Waals surface area contributed by atoms with Crippen LogP contribution in [0.2, 0.25) is 0 Å². The van der Waals surface area contributed by atoms with Gasteiger partial charge in [-0.25, -0.2) is 4.79 Å². The number of likely N-dealkylation sites (tertiary alicyclic amines) is 1. The first kappa shape index (κ1) is 78.5. The number of hydrogen-bond donors (Lipinski definition) is 9. The van der Waals surface area contributed by atoms with Crippen molar-refractivity contribution in [2.45, 2.75) is 171 Å². The third kappa shape index (κ3) is 18.7. The number of nitrogens with two attached hydrogens (primary N) is 1. The number of methoxy groups -OCH3 is 1. The summed E-state index contributed by atoms with van der Waals surface area (Å²) in [6.45, 7) is 23.6. The number of hydrogen-bond acceptors (Lipinski definition) is 19. The summed E-state index contributed by atoms with van der Waals surface area (Å²) in [4.78, 5) is 120. The van der Waals surface area contributed by atoms with Crippen molar-refractivity contribution in [3.05, 3.63) is 82.7 Å². The number of quaternary nitrogens is 1. The molecule has 26 nitrogen and oxygen atoms in total. The van der Waals surface area contributed by atoms with Crippen molar-refractivity contribution in [1.29, 1.82) is 0 Å². The Morgan fingerprint density at radius 3 is 2.19 bits per heavy atom. The molecule has 0 spiro atoms. The fraction of sp³-hybridized carbons (Fsp3) is 0.568. The van der Waals surface area contributed by atoms with Crippen LogP contribution in [0.4, 0.5) is 16.2 Å². The summed E-state index contributed by atoms with van der Waals surface area (Å²) in [5.41, 5.74) is 6.20. The lowest BCUT2D eigenvalue weighted by Gasteiger charge is -2.41. The summed E-state index contributed by atoms with van der Waals surface area (Å²) < 4.78 is 24.8. The molecule has 0 radical (unpaired) electrons. The zero-order chi connectivity index (χ0) is 73.8. The Hall–Kier alpha value is -8.88. The number of phenolic OH excluding ortho intramolecular Hbond substituents is 3. The van der Waals surface area contributed by atoms with Crippen molar-refractivity contribution < 1.29 is 87.0 Å². The summed E-state index contributed by atoms with van der Waals surface area (Å²) in [5.74, 6) is -10.6. The molecule has 0 saturated carbocycles. The molecule has 546 valence electrons. The molecule has 2 saturated heterocycles. The van der Waals surface area contributed by atoms with Crippen molar-refractivity contribution in [2.75, 3.05) is 64.1 Å². The standard InChI is InChI=1S/C74H103N9O17/c1-40(2)61(79-56(86)23-16-15-17-30-82-57(87)36-43(5)72(82)95)54(85)37-51(22-19-29-76-73(75)96)71(94)78-52-26-24-50(25-27-52)39-83(13)33-31-81(32-34-83)77-38-53-62-66(91)59-58(65(53)90)60-68(48(10)64(59)89)100-74(12,69(60)92)98-35-28-55(97-14)47(9)67(99-49(11)84)46(8)44(6)45(7)63(88)41(3)20-18-21-42(4)70(93)80-62/h18,20-21,24-28,35,38,40-41,43-47,51,55,61,63,67,88H,15-17,19,22-23,29-34,36-37,39H2,1-14H3,(H8-,75,76,77,78,79,80,86,89,90,91,92,93,94,96)/p+1/b20-18+,35-28+,42-21-/t41-,43?,44?,45-,46+,47+,51+,55-,61-,63-,67-,74-/m0/s1. The number of aliphatic hydroxyl groups excluding tert-OH is 1. The van der Waals surface area contributed by atoms with Gasteiger partial charge < -0.3 is 70.9 Å². The van der Waals surface area contributed by atoms with Crippen LogP contribution in [-0.2, 0) is 54.3 Å². The first-order valence-electron chi connectivity index (χ1n) is 34.7. The minimum absolute atomic E-state index is 0.0239. The first-order chi connectivity index (χ1) is 47.1. The van der Waals surface area contributed by atoms with Gasteiger partial charge in [-0.2, -0.15) is 5.10 Å². The molecule has 2 unspecified atom stereocenters. The number of nitrogens with one attached hydrogen (secondary N) is 4. The third-order valence-electron chi connectivity index (χ3n) is 20.5. The van der Waals surface area contributed by atoms with Crippen LogP contribution >= 0.6 is 0 Å². The molecule has 0 aromatic heterocycles. The maximum absolute atomic E-state index is 14.9. The lowest BCUT2D eigenvalue weighted by Crippen LogP contribution is -2.55. The van der Waals surface area contributed by atoms with Gasteiger partial charge in [-0.05, 0) is 81.4 Å². The summed E-state index contributed by atoms with van der Waals surface area (Å²) in [6, 6.07) is 5.77. The number of fused-ring (bicyclic) bond motifs is 14. The number of benzene rings is 3. The maximum atomic E-state index is 14.9. The average Bonchev–Trinajstić information content (AvgIpc) is 1.48. The number of aromatic hydroxyl groups is 3. The lowest BCUT2D eigenvalue weighted by atomic mass is 9.73. The summed E-state index contributed by atoms with van der Waals surface area (Å²) in [7, 11) is 3.57. The van der Waals surface area contributed by atoms with Crippen LogP contribution in [0, 0.1) is 54.3 Å². The van der Waals surface area contributed by atoms with Gasteiger partial charge in [0.05, 0.1) is 86.2 Å². The molecular formula is C74H104N9O17+. The number of carbonyl (C=O) groups is 9. The Kier molecular flexibility index (Phi) is 26.7. The van der Waals surface area contributed by atoms with Gasteiger partial charge >= 0.3 is 17.8 Å². The summed E-state index contributed by atoms with van der Waals surface area (Å²) in [6.07, 6.45) is 9.07. The Balaban J connectivity index is 1.08. The number of amides is 7. The highest BCUT2D eigenvalue weighted by Crippen LogP contribution is 2.55. The van der Waals surface area contributed by atoms with E-state index in [1.807, 2.05) is 60.6 Å². The number of carbonyl (C=O) groups excluding carboxylic acids is 9. The number of urea groups is 1. The number of unbranched alkanes of at least 4 members (excludes halogenated alkanes) is 2. The number of imide groups is 1. The van der Waals surface area contributed by atoms with Gasteiger partial charge in [0.25, 0.3) is 11.7 Å². The van der Waals surface area contributed by atoms with Gasteiger partial charge in [-0.3, -0.25) is 48.3 Å². The molecule has 100 heavy (non-hydrogen) atoms. The van der Waals surface area contributed by atoms with E-state index in [4.69, 9.17) is 29.8 Å². The van der Waals surface area contributed by atoms with Crippen molar-refractivity contribution in [3.63, 3.8) is 0 Å². The number of primary amides is 1. The van der Waals surface area contributed by atoms with Crippen LogP contribution in [0.15, 0.2) is 65.5 Å². The van der Waals surface area contributed by atoms with Crippen LogP contribution in [0.25, 0.3) is 10.8 Å². The summed E-state index contributed by atoms with van der Waals surface area (Å²) >= 11 is 0. The van der Waals surface area contributed by atoms with Gasteiger partial charge in [-0.15, -0.1) is 0 Å². The lowest BCUT2D eigenvalue weighted by molar-refractivity contribution is -0.926. The fourth-order valence-corrected chi connectivity index (χ4v) is 13.8. The minimum Gasteiger partial charge on any atom is -0.507 e. The SMILES string of the molecule is CO[C@H]1/C=C/O[C@@]2(C)Oc3c(C)c(O)c4c(O)c(c(/C=N/N5CC[N+](C)(Cc6ccc(NC(=O)[C@H](CCCNC(N)=O)CC(=O)[C@@H](NC(=O)CCCCCN7C(=O)CC(C)C7=O)C(C)C)cc6)CC5)c(O)c4c3C2=O)NC(=O)/C(C)=C\C=C\[C@H](C)[C@H](O)[C@@H](C)C(C)[C@@H](C)[C@H](OC(C)=O)[C@@H]1C. The second-order valence-corrected chi connectivity index (χ2v) is 28.5. The second-order valence-electron chi connectivity index (χ2n) is 28.5. The smallest absolute Gasteiger partial charge is 0.312 e. The zero-order valence-electron chi connectivity index (χ0n) is 60.3. The van der Waals surface area contributed by atoms with Crippen molar-refractivity contribution in [2.24, 2.45) is 58.2 Å². The fourth-order valence-electron chi connectivity index (χ4n) is 13.8. The molecule has 26 heteroatoms. The highest BCUT2D eigenvalue weighted by atomic mass is 16.7. The number of esters is 1. The number of ether oxygens (including phenoxy) is 4. The number of ketones is 2. The number of allylic oxidation sites excluding steroid dienone is 2. The molecule has 12 atom stereocenters. The van der Waals surface area contributed by atoms with Crippen LogP contribution in [-0.4, -0.2) is 178 Å². The molecule has 2 fully saturated rings. The number of aliphatic hydroxyl groups is 1. The Labute approximate surface area is 585 Å². The highest BCUT2D eigenvalue weighted by Gasteiger charge is 2.50. The van der Waals surface area contributed by atoms with Gasteiger partial charge in [0.2, 0.25) is 23.6 Å². The molecule has 7 amide bonds. The largest absolute Gasteiger partial charge is 0.507 e. The van der Waals surface area contributed by atoms with Gasteiger partial charge in [0.15, 0.2) is 11.5 Å². The molecule has 5 aliphatic rings. The Morgan fingerprint density at radius 1 is 0.890 bits per heavy atom. The van der Waals surface area contributed by atoms with E-state index in [2.05, 4.69) is 28.3 Å². The quantitative estimate of drug-likeness (QED) is 0.00818. The van der Waals surface area contributed by atoms with Crippen molar-refractivity contribution in [3.8, 4) is 23.0 Å². The minimum atomic E-state index is -2.09. The number of Topliss-reactive ketones (excluding diaryl/α,β-unsaturated/α-hetero) is 2. The molecule has 5 aliphatic heterocycles. The van der Waals surface area contributed by atoms with E-state index < -0.39 is 94.7 Å². The number of anilines is 2. The molecule has 8 rings (SSSR count). The Morgan fingerprint density at radius 2 is 1.57 bits per heavy atom. The van der Waals surface area contributed by atoms with E-state index in [1.54, 1.807) is 42.3 Å². The third-order valence-corrected chi connectivity index (χ3v) is 20.5. The maximum Gasteiger partial charge on any atom is 0.312 e. The number of phenols is 3. The molecule has 3 aromatic carbocycles. The molecular weight excluding hydrogens is 1290 g/mol. The highest BCUT2D eigenvalue weighted by molar-refractivity contribution is 6.24. The van der Waals surface area contributed by atoms with Gasteiger partial charge in [-0.1, -0.05) is 92.2 Å². The average molecular weight is 1390 g/mol. The number of nitrogens with zero attached hydrogens (tertiary/aromatic N) is 4. The number of hydrazone groups is 1. The molecule has 0 aliphatic carbocycles. The molecule has 5 bridgehead atoms. The normalized spacial score (nSPS) is 26.2. The van der Waals surface area contributed by atoms with Crippen LogP contribution in [0.5, 0.6) is 23.0 Å². The van der Waals surface area contributed by atoms with E-state index >= 15 is 0 Å². The first-order valence-corrected chi connectivity index (χ1v) is 34.7. The van der Waals surface area contributed by atoms with Gasteiger partial charge in [0, 0.05) is 105 Å². The zero-order valence-corrected chi connectivity index (χ0v) is 60.3. The molecule has 5 heterocycles. The Bertz CT molecular complexity index is 3670. The van der Waals surface area contributed by atoms with Crippen LogP contribution in [0.3, 0.4) is 0 Å². The predicted molar refractivity (Wildman–Crippen MR) is 377 cm³/mol. The van der Waals surface area contributed by atoms with Crippen molar-refractivity contribution >= 4 is 81.5 Å². The van der Waals surface area contributed by atoms with Crippen LogP contribution < -0.4 is 31.7 Å². The summed E-state index contributed by atoms with van der Waals surface area (Å²) in [5, 5.41) is 65.4. The van der Waals surface area contributed by atoms with E-state index in [0.717, 1.165) is 5.56 Å². The predicted octanol–water partition coefficient (Wildman–Crippen LogP) is 8.38. The van der Waals surface area contributed by atoms with Crippen molar-refractivity contribution in [1.82, 2.24) is 20.5 Å². The van der Waals surface area contributed by atoms with Crippen LogP contribution in [0.1, 0.15) is 155 Å². The molecule has 3 aromatic rings. The van der Waals surface area contributed by atoms with E-state index in [1.165, 1.54) is 58.3 Å². The van der Waals surface area contributed by atoms with E-state index in [-0.39, 0.29) is 130 Å². The molecule has 10 N–H and O–H groups in total. The van der Waals surface area contributed by atoms with E-state index in [0.29, 0.717) is 75.1 Å². The number of likely N-dealkylation sites (N-methyl/N-ethyl adjacent to an activating group) is 1. The number of rotatable bonds is 23. The topological polar surface area (TPSA) is 364 Å².